The number of hydrogen-bond donors (Lipinski definition) is 2. The number of esters is 1. The summed E-state index contributed by atoms with van der Waals surface area (Å²) in [6, 6.07) is 5.91. The van der Waals surface area contributed by atoms with Crippen LogP contribution in [-0.2, 0) is 9.53 Å². The third-order valence-corrected chi connectivity index (χ3v) is 2.71. The van der Waals surface area contributed by atoms with Gasteiger partial charge in [0, 0.05) is 6.54 Å². The molecule has 0 bridgehead atoms. The number of hydrazine groups is 1. The molecule has 86 valence electrons. The summed E-state index contributed by atoms with van der Waals surface area (Å²) < 4.78 is 17.5. The molecule has 0 unspecified atom stereocenters. The van der Waals surface area contributed by atoms with Crippen molar-refractivity contribution >= 4 is 5.97 Å². The maximum Gasteiger partial charge on any atom is 0.312 e. The summed E-state index contributed by atoms with van der Waals surface area (Å²) in [7, 11) is 1.36. The van der Waals surface area contributed by atoms with Gasteiger partial charge in [-0.05, 0) is 17.7 Å². The molecule has 1 aromatic rings. The van der Waals surface area contributed by atoms with Crippen LogP contribution in [0.3, 0.4) is 0 Å². The van der Waals surface area contributed by atoms with E-state index < -0.39 is 0 Å². The molecule has 1 fully saturated rings. The fourth-order valence-corrected chi connectivity index (χ4v) is 1.85. The number of halogens is 1. The van der Waals surface area contributed by atoms with Gasteiger partial charge in [0.15, 0.2) is 0 Å². The van der Waals surface area contributed by atoms with E-state index in [4.69, 9.17) is 4.74 Å². The first-order valence-corrected chi connectivity index (χ1v) is 5.04. The normalized spacial score (nSPS) is 24.4. The zero-order valence-electron chi connectivity index (χ0n) is 8.87. The summed E-state index contributed by atoms with van der Waals surface area (Å²) in [5, 5.41) is 0. The SMILES string of the molecule is COC(=O)[C@@H]1CNN[C@@H]1c1ccc(F)cc1. The molecule has 0 saturated carbocycles. The van der Waals surface area contributed by atoms with E-state index in [0.29, 0.717) is 6.54 Å². The number of hydrogen-bond acceptors (Lipinski definition) is 4. The highest BCUT2D eigenvalue weighted by atomic mass is 19.1. The number of methoxy groups -OCH3 is 1. The molecule has 0 amide bonds. The fourth-order valence-electron chi connectivity index (χ4n) is 1.85. The van der Waals surface area contributed by atoms with E-state index in [1.54, 1.807) is 12.1 Å². The van der Waals surface area contributed by atoms with E-state index in [1.807, 2.05) is 0 Å². The number of nitrogens with one attached hydrogen (secondary N) is 2. The number of benzene rings is 1. The summed E-state index contributed by atoms with van der Waals surface area (Å²) in [6.45, 7) is 0.509. The molecule has 2 N–H and O–H groups in total. The Morgan fingerprint density at radius 1 is 1.44 bits per heavy atom. The van der Waals surface area contributed by atoms with Gasteiger partial charge >= 0.3 is 5.97 Å². The van der Waals surface area contributed by atoms with Gasteiger partial charge in [0.2, 0.25) is 0 Å². The third-order valence-electron chi connectivity index (χ3n) is 2.71. The average Bonchev–Trinajstić information content (AvgIpc) is 2.78. The molecule has 16 heavy (non-hydrogen) atoms. The Labute approximate surface area is 92.8 Å². The third kappa shape index (κ3) is 2.05. The minimum absolute atomic E-state index is 0.173. The molecular formula is C11H13FN2O2. The van der Waals surface area contributed by atoms with Crippen LogP contribution in [0.2, 0.25) is 0 Å². The summed E-state index contributed by atoms with van der Waals surface area (Å²) in [6.07, 6.45) is 0. The second-order valence-electron chi connectivity index (χ2n) is 3.68. The predicted molar refractivity (Wildman–Crippen MR) is 55.8 cm³/mol. The van der Waals surface area contributed by atoms with Gasteiger partial charge in [0.1, 0.15) is 5.82 Å². The Bertz CT molecular complexity index is 380. The maximum absolute atomic E-state index is 12.8. The highest BCUT2D eigenvalue weighted by Crippen LogP contribution is 2.25. The summed E-state index contributed by atoms with van der Waals surface area (Å²) in [5.41, 5.74) is 6.75. The summed E-state index contributed by atoms with van der Waals surface area (Å²) in [5.74, 6) is -0.841. The molecule has 5 heteroatoms. The van der Waals surface area contributed by atoms with Crippen molar-refractivity contribution in [1.29, 1.82) is 0 Å². The van der Waals surface area contributed by atoms with E-state index in [9.17, 15) is 9.18 Å². The molecule has 2 atom stereocenters. The van der Waals surface area contributed by atoms with Crippen LogP contribution >= 0.6 is 0 Å². The van der Waals surface area contributed by atoms with E-state index in [-0.39, 0.29) is 23.7 Å². The Balaban J connectivity index is 2.19. The Kier molecular flexibility index (Phi) is 3.17. The van der Waals surface area contributed by atoms with Gasteiger partial charge < -0.3 is 4.74 Å². The first-order valence-electron chi connectivity index (χ1n) is 5.04. The molecule has 0 aromatic heterocycles. The van der Waals surface area contributed by atoms with Crippen LogP contribution < -0.4 is 10.9 Å². The van der Waals surface area contributed by atoms with Crippen molar-refractivity contribution in [3.63, 3.8) is 0 Å². The van der Waals surface area contributed by atoms with Gasteiger partial charge in [0.05, 0.1) is 19.1 Å². The van der Waals surface area contributed by atoms with Gasteiger partial charge in [-0.25, -0.2) is 9.82 Å². The Morgan fingerprint density at radius 3 is 2.75 bits per heavy atom. The molecule has 2 rings (SSSR count). The second kappa shape index (κ2) is 4.59. The highest BCUT2D eigenvalue weighted by Gasteiger charge is 2.34. The molecule has 4 nitrogen and oxygen atoms in total. The topological polar surface area (TPSA) is 50.4 Å². The Morgan fingerprint density at radius 2 is 2.12 bits per heavy atom. The van der Waals surface area contributed by atoms with E-state index in [0.717, 1.165) is 5.56 Å². The van der Waals surface area contributed by atoms with Gasteiger partial charge in [-0.2, -0.15) is 0 Å². The smallest absolute Gasteiger partial charge is 0.312 e. The van der Waals surface area contributed by atoms with Crippen LogP contribution in [0.4, 0.5) is 4.39 Å². The molecule has 1 saturated heterocycles. The van der Waals surface area contributed by atoms with Gasteiger partial charge in [-0.3, -0.25) is 10.2 Å². The lowest BCUT2D eigenvalue weighted by Gasteiger charge is -2.16. The van der Waals surface area contributed by atoms with Crippen molar-refractivity contribution in [3.05, 3.63) is 35.6 Å². The lowest BCUT2D eigenvalue weighted by Crippen LogP contribution is -2.26. The molecule has 0 radical (unpaired) electrons. The summed E-state index contributed by atoms with van der Waals surface area (Å²) >= 11 is 0. The molecule has 1 aliphatic heterocycles. The van der Waals surface area contributed by atoms with Crippen LogP contribution in [0.15, 0.2) is 24.3 Å². The predicted octanol–water partition coefficient (Wildman–Crippen LogP) is 0.764. The number of ether oxygens (including phenoxy) is 1. The molecule has 1 aromatic carbocycles. The van der Waals surface area contributed by atoms with Crippen LogP contribution in [0, 0.1) is 11.7 Å². The lowest BCUT2D eigenvalue weighted by molar-refractivity contribution is -0.145. The van der Waals surface area contributed by atoms with Crippen LogP contribution in [0.25, 0.3) is 0 Å². The van der Waals surface area contributed by atoms with Crippen molar-refractivity contribution in [2.45, 2.75) is 6.04 Å². The van der Waals surface area contributed by atoms with Crippen molar-refractivity contribution in [1.82, 2.24) is 10.9 Å². The van der Waals surface area contributed by atoms with E-state index in [1.165, 1.54) is 19.2 Å². The molecule has 1 heterocycles. The highest BCUT2D eigenvalue weighted by molar-refractivity contribution is 5.74. The summed E-state index contributed by atoms with van der Waals surface area (Å²) in [4.78, 5) is 11.5. The largest absolute Gasteiger partial charge is 0.469 e. The number of carbonyl (C=O) groups excluding carboxylic acids is 1. The molecule has 0 aliphatic carbocycles. The van der Waals surface area contributed by atoms with Crippen molar-refractivity contribution in [2.75, 3.05) is 13.7 Å². The Hall–Kier alpha value is -1.46. The first kappa shape index (κ1) is 11.0. The fraction of sp³-hybridized carbons (Fsp3) is 0.364. The zero-order chi connectivity index (χ0) is 11.5. The van der Waals surface area contributed by atoms with E-state index in [2.05, 4.69) is 10.9 Å². The standard InChI is InChI=1S/C11H13FN2O2/c1-16-11(15)9-6-13-14-10(9)7-2-4-8(12)5-3-7/h2-5,9-10,13-14H,6H2,1H3/t9-,10-/m1/s1. The second-order valence-corrected chi connectivity index (χ2v) is 3.68. The number of rotatable bonds is 2. The van der Waals surface area contributed by atoms with Crippen molar-refractivity contribution in [3.8, 4) is 0 Å². The number of carbonyl (C=O) groups is 1. The molecule has 1 aliphatic rings. The molecule has 0 spiro atoms. The van der Waals surface area contributed by atoms with Crippen LogP contribution in [-0.4, -0.2) is 19.6 Å². The average molecular weight is 224 g/mol. The van der Waals surface area contributed by atoms with E-state index >= 15 is 0 Å². The minimum Gasteiger partial charge on any atom is -0.469 e. The van der Waals surface area contributed by atoms with Gasteiger partial charge in [0.25, 0.3) is 0 Å². The van der Waals surface area contributed by atoms with Gasteiger partial charge in [-0.15, -0.1) is 0 Å². The molecular weight excluding hydrogens is 211 g/mol. The lowest BCUT2D eigenvalue weighted by atomic mass is 9.95. The van der Waals surface area contributed by atoms with Crippen molar-refractivity contribution in [2.24, 2.45) is 5.92 Å². The minimum atomic E-state index is -0.288. The van der Waals surface area contributed by atoms with Gasteiger partial charge in [-0.1, -0.05) is 12.1 Å². The van der Waals surface area contributed by atoms with Crippen molar-refractivity contribution < 1.29 is 13.9 Å². The first-order chi connectivity index (χ1) is 7.72. The quantitative estimate of drug-likeness (QED) is 0.728. The zero-order valence-corrected chi connectivity index (χ0v) is 8.87. The maximum atomic E-state index is 12.8. The van der Waals surface area contributed by atoms with Crippen LogP contribution in [0.5, 0.6) is 0 Å². The monoisotopic (exact) mass is 224 g/mol. The van der Waals surface area contributed by atoms with Crippen LogP contribution in [0.1, 0.15) is 11.6 Å².